The van der Waals surface area contributed by atoms with Crippen LogP contribution in [0.4, 0.5) is 0 Å². The van der Waals surface area contributed by atoms with Crippen molar-refractivity contribution in [2.75, 3.05) is 6.54 Å². The largest absolute Gasteiger partial charge is 0.419 e. The Bertz CT molecular complexity index is 895. The van der Waals surface area contributed by atoms with Gasteiger partial charge in [-0.05, 0) is 36.1 Å². The summed E-state index contributed by atoms with van der Waals surface area (Å²) in [6.07, 6.45) is 7.76. The van der Waals surface area contributed by atoms with Crippen LogP contribution in [0.15, 0.2) is 59.0 Å². The van der Waals surface area contributed by atoms with Crippen LogP contribution in [0.25, 0.3) is 11.5 Å². The molecule has 1 heterocycles. The highest BCUT2D eigenvalue weighted by Crippen LogP contribution is 2.36. The summed E-state index contributed by atoms with van der Waals surface area (Å²) in [6, 6.07) is 18.7. The maximum atomic E-state index is 5.86. The maximum Gasteiger partial charge on any atom is 0.247 e. The van der Waals surface area contributed by atoms with E-state index in [2.05, 4.69) is 45.3 Å². The molecule has 1 unspecified atom stereocenters. The van der Waals surface area contributed by atoms with E-state index in [4.69, 9.17) is 10.8 Å². The summed E-state index contributed by atoms with van der Waals surface area (Å²) < 4.78 is 5.86. The molecule has 1 aliphatic carbocycles. The number of aryl methyl sites for hydroxylation is 1. The summed E-state index contributed by atoms with van der Waals surface area (Å²) in [5.41, 5.74) is 3.70. The summed E-state index contributed by atoms with van der Waals surface area (Å²) in [7, 11) is 0. The fourth-order valence-corrected chi connectivity index (χ4v) is 3.50. The Hall–Kier alpha value is -2.90. The van der Waals surface area contributed by atoms with Gasteiger partial charge in [-0.3, -0.25) is 4.90 Å². The van der Waals surface area contributed by atoms with E-state index in [0.29, 0.717) is 30.9 Å². The fourth-order valence-electron chi connectivity index (χ4n) is 3.50. The number of aromatic nitrogens is 2. The molecule has 1 aromatic heterocycles. The molecule has 0 spiro atoms. The molecule has 1 atom stereocenters. The highest BCUT2D eigenvalue weighted by atomic mass is 16.4. The molecule has 0 aliphatic heterocycles. The third kappa shape index (κ3) is 3.19. The van der Waals surface area contributed by atoms with Gasteiger partial charge in [0.15, 0.2) is 0 Å². The summed E-state index contributed by atoms with van der Waals surface area (Å²) in [5, 5.41) is 8.39. The monoisotopic (exact) mass is 329 g/mol. The highest BCUT2D eigenvalue weighted by Gasteiger charge is 2.28. The number of benzene rings is 2. The van der Waals surface area contributed by atoms with Gasteiger partial charge in [-0.25, -0.2) is 0 Å². The van der Waals surface area contributed by atoms with Crippen LogP contribution in [-0.4, -0.2) is 21.6 Å². The quantitative estimate of drug-likeness (QED) is 0.667. The van der Waals surface area contributed by atoms with Gasteiger partial charge in [0.05, 0.1) is 13.1 Å². The zero-order chi connectivity index (χ0) is 17.1. The van der Waals surface area contributed by atoms with Crippen LogP contribution in [-0.2, 0) is 13.0 Å². The van der Waals surface area contributed by atoms with Crippen molar-refractivity contribution in [3.63, 3.8) is 0 Å². The molecule has 0 bridgehead atoms. The zero-order valence-electron chi connectivity index (χ0n) is 13.9. The van der Waals surface area contributed by atoms with E-state index in [9.17, 15) is 0 Å². The Balaban J connectivity index is 1.56. The molecule has 0 amide bonds. The summed E-state index contributed by atoms with van der Waals surface area (Å²) in [5.74, 6) is 3.91. The first-order chi connectivity index (χ1) is 12.3. The van der Waals surface area contributed by atoms with E-state index < -0.39 is 0 Å². The van der Waals surface area contributed by atoms with Gasteiger partial charge in [-0.2, -0.15) is 0 Å². The van der Waals surface area contributed by atoms with E-state index in [-0.39, 0.29) is 0 Å². The number of fused-ring (bicyclic) bond motifs is 1. The van der Waals surface area contributed by atoms with Crippen molar-refractivity contribution in [2.24, 2.45) is 0 Å². The van der Waals surface area contributed by atoms with E-state index in [1.165, 1.54) is 11.1 Å². The normalized spacial score (nSPS) is 15.9. The first kappa shape index (κ1) is 15.6. The molecule has 0 saturated heterocycles. The Labute approximate surface area is 147 Å². The molecule has 4 heteroatoms. The van der Waals surface area contributed by atoms with Crippen molar-refractivity contribution in [1.29, 1.82) is 0 Å². The predicted octanol–water partition coefficient (Wildman–Crippen LogP) is 3.86. The molecule has 0 fully saturated rings. The molecule has 0 radical (unpaired) electrons. The van der Waals surface area contributed by atoms with Crippen LogP contribution in [0.1, 0.15) is 29.5 Å². The fraction of sp³-hybridized carbons (Fsp3) is 0.238. The lowest BCUT2D eigenvalue weighted by Gasteiger charge is -2.26. The molecular formula is C21H19N3O. The molecule has 2 aromatic carbocycles. The second-order valence-corrected chi connectivity index (χ2v) is 6.23. The van der Waals surface area contributed by atoms with Crippen molar-refractivity contribution in [1.82, 2.24) is 15.1 Å². The lowest BCUT2D eigenvalue weighted by Crippen LogP contribution is -2.27. The molecule has 25 heavy (non-hydrogen) atoms. The van der Waals surface area contributed by atoms with Crippen LogP contribution in [0.2, 0.25) is 0 Å². The van der Waals surface area contributed by atoms with Crippen LogP contribution in [0.5, 0.6) is 0 Å². The van der Waals surface area contributed by atoms with Crippen LogP contribution in [0, 0.1) is 12.3 Å². The Morgan fingerprint density at radius 3 is 2.72 bits per heavy atom. The van der Waals surface area contributed by atoms with E-state index in [1.54, 1.807) is 0 Å². The lowest BCUT2D eigenvalue weighted by atomic mass is 10.1. The van der Waals surface area contributed by atoms with Gasteiger partial charge in [-0.15, -0.1) is 16.6 Å². The van der Waals surface area contributed by atoms with Crippen molar-refractivity contribution < 1.29 is 4.42 Å². The SMILES string of the molecule is C#CCN(Cc1nnc(-c2ccccc2)o1)C1CCc2ccccc21. The molecule has 4 nitrogen and oxygen atoms in total. The zero-order valence-corrected chi connectivity index (χ0v) is 13.9. The molecule has 0 N–H and O–H groups in total. The van der Waals surface area contributed by atoms with Crippen molar-refractivity contribution >= 4 is 0 Å². The third-order valence-electron chi connectivity index (χ3n) is 4.66. The Morgan fingerprint density at radius 2 is 1.88 bits per heavy atom. The second-order valence-electron chi connectivity index (χ2n) is 6.23. The molecule has 0 saturated carbocycles. The van der Waals surface area contributed by atoms with Crippen LogP contribution < -0.4 is 0 Å². The molecule has 3 aromatic rings. The third-order valence-corrected chi connectivity index (χ3v) is 4.66. The average Bonchev–Trinajstić information content (AvgIpc) is 3.29. The van der Waals surface area contributed by atoms with Gasteiger partial charge in [0.1, 0.15) is 0 Å². The van der Waals surface area contributed by atoms with Gasteiger partial charge >= 0.3 is 0 Å². The topological polar surface area (TPSA) is 42.2 Å². The van der Waals surface area contributed by atoms with Gasteiger partial charge in [-0.1, -0.05) is 48.4 Å². The van der Waals surface area contributed by atoms with Gasteiger partial charge in [0.25, 0.3) is 0 Å². The maximum absolute atomic E-state index is 5.86. The minimum Gasteiger partial charge on any atom is -0.419 e. The highest BCUT2D eigenvalue weighted by molar-refractivity contribution is 5.51. The molecule has 4 rings (SSSR count). The summed E-state index contributed by atoms with van der Waals surface area (Å²) >= 11 is 0. The average molecular weight is 329 g/mol. The first-order valence-electron chi connectivity index (χ1n) is 8.48. The number of terminal acetylenes is 1. The molecule has 124 valence electrons. The number of hydrogen-bond donors (Lipinski definition) is 0. The number of rotatable bonds is 5. The number of nitrogens with zero attached hydrogens (tertiary/aromatic N) is 3. The van der Waals surface area contributed by atoms with E-state index >= 15 is 0 Å². The van der Waals surface area contributed by atoms with Gasteiger partial charge in [0.2, 0.25) is 11.8 Å². The van der Waals surface area contributed by atoms with Crippen LogP contribution >= 0.6 is 0 Å². The molecular weight excluding hydrogens is 310 g/mol. The Morgan fingerprint density at radius 1 is 1.08 bits per heavy atom. The van der Waals surface area contributed by atoms with Gasteiger partial charge in [0, 0.05) is 11.6 Å². The minimum absolute atomic E-state index is 0.305. The summed E-state index contributed by atoms with van der Waals surface area (Å²) in [4.78, 5) is 2.24. The molecule has 1 aliphatic rings. The summed E-state index contributed by atoms with van der Waals surface area (Å²) in [6.45, 7) is 1.12. The van der Waals surface area contributed by atoms with E-state index in [0.717, 1.165) is 18.4 Å². The van der Waals surface area contributed by atoms with Crippen molar-refractivity contribution in [3.05, 3.63) is 71.6 Å². The first-order valence-corrected chi connectivity index (χ1v) is 8.48. The smallest absolute Gasteiger partial charge is 0.247 e. The van der Waals surface area contributed by atoms with Crippen molar-refractivity contribution in [2.45, 2.75) is 25.4 Å². The predicted molar refractivity (Wildman–Crippen MR) is 96.5 cm³/mol. The second kappa shape index (κ2) is 6.92. The lowest BCUT2D eigenvalue weighted by molar-refractivity contribution is 0.194. The minimum atomic E-state index is 0.305. The van der Waals surface area contributed by atoms with Crippen LogP contribution in [0.3, 0.4) is 0 Å². The Kier molecular flexibility index (Phi) is 4.32. The van der Waals surface area contributed by atoms with Gasteiger partial charge < -0.3 is 4.42 Å². The van der Waals surface area contributed by atoms with Crippen molar-refractivity contribution in [3.8, 4) is 23.8 Å². The standard InChI is InChI=1S/C21H19N3O/c1-2-14-24(19-13-12-16-8-6-7-11-18(16)19)15-20-22-23-21(25-20)17-9-4-3-5-10-17/h1,3-11,19H,12-15H2. The van der Waals surface area contributed by atoms with E-state index in [1.807, 2.05) is 30.3 Å². The number of hydrogen-bond acceptors (Lipinski definition) is 4.